The van der Waals surface area contributed by atoms with Crippen molar-refractivity contribution in [3.8, 4) is 0 Å². The number of nitrogens with two attached hydrogens (primary N) is 1. The molecule has 2 unspecified atom stereocenters. The summed E-state index contributed by atoms with van der Waals surface area (Å²) in [5.41, 5.74) is 6.04. The maximum atomic E-state index is 12.2. The number of nitrogen functional groups attached to an aromatic ring is 1. The number of halogens is 1. The van der Waals surface area contributed by atoms with Gasteiger partial charge in [-0.2, -0.15) is 0 Å². The fourth-order valence-electron chi connectivity index (χ4n) is 3.03. The Balaban J connectivity index is 1.92. The highest BCUT2D eigenvalue weighted by atomic mass is 35.5. The maximum absolute atomic E-state index is 12.2. The first-order valence-corrected chi connectivity index (χ1v) is 9.29. The molecule has 1 aromatic carbocycles. The second-order valence-corrected chi connectivity index (χ2v) is 8.16. The van der Waals surface area contributed by atoms with Gasteiger partial charge in [-0.25, -0.2) is 13.1 Å². The van der Waals surface area contributed by atoms with Gasteiger partial charge >= 0.3 is 0 Å². The Kier molecular flexibility index (Phi) is 5.52. The molecule has 1 aliphatic rings. The van der Waals surface area contributed by atoms with Gasteiger partial charge < -0.3 is 5.73 Å². The van der Waals surface area contributed by atoms with Gasteiger partial charge in [0.05, 0.1) is 5.02 Å². The molecule has 1 fully saturated rings. The molecule has 0 aromatic heterocycles. The lowest BCUT2D eigenvalue weighted by Crippen LogP contribution is -2.27. The van der Waals surface area contributed by atoms with Gasteiger partial charge in [-0.3, -0.25) is 0 Å². The normalized spacial score (nSPS) is 23.1. The molecule has 0 spiro atoms. The predicted molar refractivity (Wildman–Crippen MR) is 86.8 cm³/mol. The van der Waals surface area contributed by atoms with E-state index < -0.39 is 10.0 Å². The van der Waals surface area contributed by atoms with Gasteiger partial charge in [-0.1, -0.05) is 37.8 Å². The Bertz CT molecular complexity index is 589. The molecule has 0 radical (unpaired) electrons. The lowest BCUT2D eigenvalue weighted by molar-refractivity contribution is 0.271. The first-order valence-electron chi connectivity index (χ1n) is 7.43. The molecule has 0 heterocycles. The summed E-state index contributed by atoms with van der Waals surface area (Å²) in [6.45, 7) is 2.73. The number of anilines is 1. The first kappa shape index (κ1) is 16.6. The van der Waals surface area contributed by atoms with E-state index in [1.54, 1.807) is 6.07 Å². The third-order valence-electron chi connectivity index (χ3n) is 4.14. The van der Waals surface area contributed by atoms with Gasteiger partial charge in [0, 0.05) is 12.2 Å². The van der Waals surface area contributed by atoms with Crippen LogP contribution in [0, 0.1) is 11.8 Å². The van der Waals surface area contributed by atoms with Crippen LogP contribution < -0.4 is 10.5 Å². The molecule has 21 heavy (non-hydrogen) atoms. The number of rotatable bonds is 5. The second-order valence-electron chi connectivity index (χ2n) is 6.01. The zero-order valence-corrected chi connectivity index (χ0v) is 13.9. The predicted octanol–water partition coefficient (Wildman–Crippen LogP) is 3.42. The molecule has 2 atom stereocenters. The number of nitrogens with one attached hydrogen (secondary N) is 1. The molecule has 0 saturated heterocycles. The second kappa shape index (κ2) is 6.99. The monoisotopic (exact) mass is 330 g/mol. The van der Waals surface area contributed by atoms with Crippen molar-refractivity contribution in [1.29, 1.82) is 0 Å². The minimum Gasteiger partial charge on any atom is -0.399 e. The lowest BCUT2D eigenvalue weighted by Gasteiger charge is -2.26. The molecule has 0 aliphatic heterocycles. The van der Waals surface area contributed by atoms with Crippen LogP contribution in [0.15, 0.2) is 23.1 Å². The van der Waals surface area contributed by atoms with Crippen molar-refractivity contribution in [1.82, 2.24) is 4.72 Å². The lowest BCUT2D eigenvalue weighted by atomic mass is 9.81. The van der Waals surface area contributed by atoms with E-state index in [1.165, 1.54) is 37.8 Å². The van der Waals surface area contributed by atoms with E-state index >= 15 is 0 Å². The van der Waals surface area contributed by atoms with Crippen LogP contribution in [0.1, 0.15) is 39.0 Å². The Morgan fingerprint density at radius 1 is 1.38 bits per heavy atom. The van der Waals surface area contributed by atoms with Gasteiger partial charge in [0.15, 0.2) is 0 Å². The Morgan fingerprint density at radius 2 is 2.14 bits per heavy atom. The van der Waals surface area contributed by atoms with Crippen molar-refractivity contribution < 1.29 is 8.42 Å². The molecule has 6 heteroatoms. The zero-order chi connectivity index (χ0) is 15.5. The van der Waals surface area contributed by atoms with E-state index in [0.29, 0.717) is 18.2 Å². The van der Waals surface area contributed by atoms with E-state index in [0.717, 1.165) is 12.3 Å². The van der Waals surface area contributed by atoms with Crippen LogP contribution in [0.25, 0.3) is 0 Å². The maximum Gasteiger partial charge on any atom is 0.242 e. The highest BCUT2D eigenvalue weighted by Gasteiger charge is 2.21. The average molecular weight is 331 g/mol. The van der Waals surface area contributed by atoms with Gasteiger partial charge in [0.25, 0.3) is 0 Å². The van der Waals surface area contributed by atoms with Gasteiger partial charge in [-0.15, -0.1) is 0 Å². The minimum absolute atomic E-state index is 0.0929. The van der Waals surface area contributed by atoms with E-state index in [2.05, 4.69) is 11.6 Å². The molecular weight excluding hydrogens is 308 g/mol. The summed E-state index contributed by atoms with van der Waals surface area (Å²) >= 11 is 5.96. The Morgan fingerprint density at radius 3 is 2.81 bits per heavy atom. The van der Waals surface area contributed by atoms with Crippen LogP contribution in [0.5, 0.6) is 0 Å². The first-order chi connectivity index (χ1) is 9.88. The fourth-order valence-corrected chi connectivity index (χ4v) is 4.63. The molecule has 3 N–H and O–H groups in total. The quantitative estimate of drug-likeness (QED) is 0.812. The van der Waals surface area contributed by atoms with E-state index in [1.807, 2.05) is 0 Å². The summed E-state index contributed by atoms with van der Waals surface area (Å²) in [5, 5.41) is 0.161. The van der Waals surface area contributed by atoms with E-state index in [4.69, 9.17) is 17.3 Å². The largest absolute Gasteiger partial charge is 0.399 e. The number of sulfonamides is 1. The van der Waals surface area contributed by atoms with Crippen molar-refractivity contribution >= 4 is 27.3 Å². The molecule has 118 valence electrons. The Hall–Kier alpha value is -0.780. The van der Waals surface area contributed by atoms with Crippen LogP contribution in [0.3, 0.4) is 0 Å². The van der Waals surface area contributed by atoms with Crippen LogP contribution in [0.4, 0.5) is 5.69 Å². The zero-order valence-electron chi connectivity index (χ0n) is 12.3. The van der Waals surface area contributed by atoms with Crippen LogP contribution in [0.2, 0.25) is 5.02 Å². The average Bonchev–Trinajstić information content (AvgIpc) is 2.38. The third-order valence-corrected chi connectivity index (χ3v) is 6.08. The van der Waals surface area contributed by atoms with Crippen LogP contribution in [-0.4, -0.2) is 15.0 Å². The van der Waals surface area contributed by atoms with Crippen LogP contribution >= 0.6 is 11.6 Å². The summed E-state index contributed by atoms with van der Waals surface area (Å²) in [7, 11) is -3.56. The summed E-state index contributed by atoms with van der Waals surface area (Å²) in [6, 6.07) is 4.45. The SMILES string of the molecule is CC1CCCC(CCNS(=O)(=O)c2ccc(N)cc2Cl)C1. The molecule has 2 rings (SSSR count). The third kappa shape index (κ3) is 4.59. The standard InChI is InChI=1S/C15H23ClN2O2S/c1-11-3-2-4-12(9-11)7-8-18-21(19,20)15-6-5-13(17)10-14(15)16/h5-6,10-12,18H,2-4,7-9,17H2,1H3. The molecular formula is C15H23ClN2O2S. The van der Waals surface area contributed by atoms with Crippen molar-refractivity contribution in [3.63, 3.8) is 0 Å². The van der Waals surface area contributed by atoms with Gasteiger partial charge in [0.2, 0.25) is 10.0 Å². The molecule has 0 bridgehead atoms. The molecule has 1 aliphatic carbocycles. The highest BCUT2D eigenvalue weighted by Crippen LogP contribution is 2.30. The number of benzene rings is 1. The smallest absolute Gasteiger partial charge is 0.242 e. The summed E-state index contributed by atoms with van der Waals surface area (Å²) in [4.78, 5) is 0.0929. The van der Waals surface area contributed by atoms with Gasteiger partial charge in [0.1, 0.15) is 4.90 Å². The summed E-state index contributed by atoms with van der Waals surface area (Å²) in [6.07, 6.45) is 5.83. The van der Waals surface area contributed by atoms with Crippen molar-refractivity contribution in [3.05, 3.63) is 23.2 Å². The number of hydrogen-bond acceptors (Lipinski definition) is 3. The van der Waals surface area contributed by atoms with Gasteiger partial charge in [-0.05, 0) is 42.9 Å². The molecule has 1 saturated carbocycles. The van der Waals surface area contributed by atoms with E-state index in [-0.39, 0.29) is 9.92 Å². The molecule has 0 amide bonds. The fraction of sp³-hybridized carbons (Fsp3) is 0.600. The molecule has 4 nitrogen and oxygen atoms in total. The molecule has 1 aromatic rings. The minimum atomic E-state index is -3.56. The summed E-state index contributed by atoms with van der Waals surface area (Å²) in [5.74, 6) is 1.38. The summed E-state index contributed by atoms with van der Waals surface area (Å²) < 4.78 is 27.1. The van der Waals surface area contributed by atoms with E-state index in [9.17, 15) is 8.42 Å². The topological polar surface area (TPSA) is 72.2 Å². The number of hydrogen-bond donors (Lipinski definition) is 2. The highest BCUT2D eigenvalue weighted by molar-refractivity contribution is 7.89. The Labute approximate surface area is 132 Å². The van der Waals surface area contributed by atoms with Crippen molar-refractivity contribution in [2.45, 2.75) is 43.9 Å². The van der Waals surface area contributed by atoms with Crippen molar-refractivity contribution in [2.75, 3.05) is 12.3 Å². The van der Waals surface area contributed by atoms with Crippen molar-refractivity contribution in [2.24, 2.45) is 11.8 Å². The van der Waals surface area contributed by atoms with Crippen LogP contribution in [-0.2, 0) is 10.0 Å².